The van der Waals surface area contributed by atoms with Crippen LogP contribution < -0.4 is 10.5 Å². The van der Waals surface area contributed by atoms with Crippen molar-refractivity contribution in [1.29, 1.82) is 0 Å². The average Bonchev–Trinajstić information content (AvgIpc) is 2.75. The summed E-state index contributed by atoms with van der Waals surface area (Å²) in [5, 5.41) is 8.43. The van der Waals surface area contributed by atoms with Gasteiger partial charge in [0.1, 0.15) is 4.21 Å². The van der Waals surface area contributed by atoms with E-state index in [0.29, 0.717) is 5.69 Å². The highest BCUT2D eigenvalue weighted by Gasteiger charge is 2.18. The fourth-order valence-corrected chi connectivity index (χ4v) is 3.47. The highest BCUT2D eigenvalue weighted by molar-refractivity contribution is 7.94. The van der Waals surface area contributed by atoms with Crippen molar-refractivity contribution in [1.82, 2.24) is 14.8 Å². The first kappa shape index (κ1) is 10.3. The maximum atomic E-state index is 11.7. The van der Waals surface area contributed by atoms with E-state index in [1.807, 2.05) is 0 Å². The number of hydrogen-bond donors (Lipinski definition) is 2. The molecule has 0 aliphatic rings. The second-order valence-electron chi connectivity index (χ2n) is 2.47. The first-order valence-corrected chi connectivity index (χ1v) is 6.73. The van der Waals surface area contributed by atoms with Gasteiger partial charge in [-0.25, -0.2) is 8.42 Å². The quantitative estimate of drug-likeness (QED) is 0.828. The summed E-state index contributed by atoms with van der Waals surface area (Å²) in [6, 6.07) is 1.38. The second-order valence-corrected chi connectivity index (χ2v) is 6.03. The highest BCUT2D eigenvalue weighted by Crippen LogP contribution is 2.23. The number of nitrogens with two attached hydrogens (primary N) is 1. The van der Waals surface area contributed by atoms with Gasteiger partial charge in [0.25, 0.3) is 10.0 Å². The lowest BCUT2D eigenvalue weighted by Gasteiger charge is -1.99. The van der Waals surface area contributed by atoms with Crippen molar-refractivity contribution in [2.45, 2.75) is 4.21 Å². The van der Waals surface area contributed by atoms with E-state index >= 15 is 0 Å². The fraction of sp³-hybridized carbons (Fsp3) is 0. The van der Waals surface area contributed by atoms with Crippen LogP contribution in [0.5, 0.6) is 0 Å². The van der Waals surface area contributed by atoms with Crippen LogP contribution in [0.4, 0.5) is 10.8 Å². The third kappa shape index (κ3) is 2.22. The lowest BCUT2D eigenvalue weighted by atomic mass is 10.6. The van der Waals surface area contributed by atoms with E-state index in [1.54, 1.807) is 5.38 Å². The van der Waals surface area contributed by atoms with Crippen LogP contribution in [0.15, 0.2) is 15.7 Å². The molecule has 0 bridgehead atoms. The minimum atomic E-state index is -3.61. The minimum absolute atomic E-state index is 0.127. The first-order valence-electron chi connectivity index (χ1n) is 3.60. The molecule has 10 heteroatoms. The highest BCUT2D eigenvalue weighted by atomic mass is 32.2. The van der Waals surface area contributed by atoms with E-state index in [-0.39, 0.29) is 9.34 Å². The predicted molar refractivity (Wildman–Crippen MR) is 57.2 cm³/mol. The average molecular weight is 263 g/mol. The summed E-state index contributed by atoms with van der Waals surface area (Å²) in [5.41, 5.74) is 5.84. The largest absolute Gasteiger partial charge is 0.398 e. The Bertz CT molecular complexity index is 545. The SMILES string of the molecule is Nc1csc(S(=O)(=O)Nc2nnns2)c1. The van der Waals surface area contributed by atoms with Crippen LogP contribution in [-0.2, 0) is 10.0 Å². The number of nitrogens with one attached hydrogen (secondary N) is 1. The van der Waals surface area contributed by atoms with Crippen molar-refractivity contribution in [3.8, 4) is 0 Å². The zero-order valence-corrected chi connectivity index (χ0v) is 9.56. The van der Waals surface area contributed by atoms with Crippen LogP contribution in [0.3, 0.4) is 0 Å². The van der Waals surface area contributed by atoms with Gasteiger partial charge >= 0.3 is 0 Å². The summed E-state index contributed by atoms with van der Waals surface area (Å²) in [6.45, 7) is 0. The molecule has 2 heterocycles. The Balaban J connectivity index is 2.28. The van der Waals surface area contributed by atoms with Gasteiger partial charge in [-0.05, 0) is 11.3 Å². The lowest BCUT2D eigenvalue weighted by Crippen LogP contribution is -2.11. The number of nitrogens with zero attached hydrogens (tertiary/aromatic N) is 3. The molecular formula is C5H5N5O2S3. The molecule has 2 aromatic heterocycles. The maximum Gasteiger partial charge on any atom is 0.273 e. The van der Waals surface area contributed by atoms with Gasteiger partial charge in [0.05, 0.1) is 0 Å². The van der Waals surface area contributed by atoms with Gasteiger partial charge in [0.15, 0.2) is 0 Å². The number of nitrogen functional groups attached to an aromatic ring is 1. The van der Waals surface area contributed by atoms with Gasteiger partial charge < -0.3 is 5.73 Å². The molecule has 0 radical (unpaired) electrons. The molecule has 0 aromatic carbocycles. The van der Waals surface area contributed by atoms with E-state index in [4.69, 9.17) is 5.73 Å². The van der Waals surface area contributed by atoms with Crippen molar-refractivity contribution >= 4 is 43.7 Å². The second kappa shape index (κ2) is 3.72. The van der Waals surface area contributed by atoms with Crippen LogP contribution in [0.2, 0.25) is 0 Å². The van der Waals surface area contributed by atoms with Gasteiger partial charge in [-0.2, -0.15) is 0 Å². The Hall–Kier alpha value is -1.26. The Kier molecular flexibility index (Phi) is 2.54. The van der Waals surface area contributed by atoms with Crippen LogP contribution in [0.25, 0.3) is 0 Å². The zero-order chi connectivity index (χ0) is 10.9. The molecule has 0 amide bonds. The number of thiophene rings is 1. The lowest BCUT2D eigenvalue weighted by molar-refractivity contribution is 0.603. The molecule has 0 fully saturated rings. The summed E-state index contributed by atoms with van der Waals surface area (Å²) >= 11 is 1.90. The molecule has 0 aliphatic carbocycles. The molecule has 0 spiro atoms. The Morgan fingerprint density at radius 1 is 1.47 bits per heavy atom. The topological polar surface area (TPSA) is 111 Å². The standard InChI is InChI=1S/C5H5N5O2S3/c6-3-1-4(13-2-3)15(11,12)8-5-7-9-10-14-5/h1-2H,6H2,(H,7,8,10). The number of anilines is 2. The summed E-state index contributed by atoms with van der Waals surface area (Å²) in [7, 11) is -3.61. The minimum Gasteiger partial charge on any atom is -0.398 e. The molecule has 0 saturated heterocycles. The van der Waals surface area contributed by atoms with Crippen molar-refractivity contribution in [2.24, 2.45) is 0 Å². The molecule has 15 heavy (non-hydrogen) atoms. The molecule has 2 aromatic rings. The monoisotopic (exact) mass is 263 g/mol. The van der Waals surface area contributed by atoms with Gasteiger partial charge in [-0.3, -0.25) is 4.72 Å². The summed E-state index contributed by atoms with van der Waals surface area (Å²) in [4.78, 5) is 0. The molecule has 3 N–H and O–H groups in total. The normalized spacial score (nSPS) is 11.5. The molecule has 0 aliphatic heterocycles. The Morgan fingerprint density at radius 2 is 2.27 bits per heavy atom. The van der Waals surface area contributed by atoms with Crippen molar-refractivity contribution in [2.75, 3.05) is 10.5 Å². The van der Waals surface area contributed by atoms with E-state index < -0.39 is 10.0 Å². The number of aromatic nitrogens is 3. The summed E-state index contributed by atoms with van der Waals surface area (Å²) < 4.78 is 29.1. The Labute approximate surface area is 93.2 Å². The third-order valence-corrected chi connectivity index (χ3v) is 4.82. The Morgan fingerprint density at radius 3 is 2.80 bits per heavy atom. The third-order valence-electron chi connectivity index (χ3n) is 1.38. The van der Waals surface area contributed by atoms with Gasteiger partial charge in [-0.15, -0.1) is 11.3 Å². The van der Waals surface area contributed by atoms with Crippen LogP contribution in [-0.4, -0.2) is 23.2 Å². The zero-order valence-electron chi connectivity index (χ0n) is 7.11. The number of rotatable bonds is 3. The van der Waals surface area contributed by atoms with E-state index in [0.717, 1.165) is 22.9 Å². The van der Waals surface area contributed by atoms with E-state index in [2.05, 4.69) is 19.5 Å². The fourth-order valence-electron chi connectivity index (χ4n) is 0.810. The number of sulfonamides is 1. The molecule has 0 atom stereocenters. The maximum absolute atomic E-state index is 11.7. The molecule has 0 saturated carbocycles. The van der Waals surface area contributed by atoms with E-state index in [1.165, 1.54) is 6.07 Å². The van der Waals surface area contributed by atoms with Crippen molar-refractivity contribution in [3.63, 3.8) is 0 Å². The molecule has 2 rings (SSSR count). The summed E-state index contributed by atoms with van der Waals surface area (Å²) in [6.07, 6.45) is 0. The van der Waals surface area contributed by atoms with Crippen molar-refractivity contribution < 1.29 is 8.42 Å². The van der Waals surface area contributed by atoms with E-state index in [9.17, 15) is 8.42 Å². The first-order chi connectivity index (χ1) is 7.08. The van der Waals surface area contributed by atoms with Gasteiger partial charge in [0, 0.05) is 22.6 Å². The molecular weight excluding hydrogens is 258 g/mol. The smallest absolute Gasteiger partial charge is 0.273 e. The number of hydrogen-bond acceptors (Lipinski definition) is 8. The predicted octanol–water partition coefficient (Wildman–Crippen LogP) is 0.378. The van der Waals surface area contributed by atoms with Crippen LogP contribution in [0, 0.1) is 0 Å². The van der Waals surface area contributed by atoms with Gasteiger partial charge in [-0.1, -0.05) is 9.59 Å². The van der Waals surface area contributed by atoms with Crippen LogP contribution in [0.1, 0.15) is 0 Å². The van der Waals surface area contributed by atoms with Crippen LogP contribution >= 0.6 is 22.9 Å². The molecule has 7 nitrogen and oxygen atoms in total. The molecule has 0 unspecified atom stereocenters. The van der Waals surface area contributed by atoms with Crippen molar-refractivity contribution in [3.05, 3.63) is 11.4 Å². The summed E-state index contributed by atoms with van der Waals surface area (Å²) in [5.74, 6) is 0. The molecule has 80 valence electrons. The van der Waals surface area contributed by atoms with Gasteiger partial charge in [0.2, 0.25) is 5.13 Å².